The third-order valence-corrected chi connectivity index (χ3v) is 0.424. The second kappa shape index (κ2) is 3.43. The van der Waals surface area contributed by atoms with Crippen LogP contribution in [0.3, 0.4) is 0 Å². The van der Waals surface area contributed by atoms with E-state index in [2.05, 4.69) is 47.2 Å². The van der Waals surface area contributed by atoms with E-state index < -0.39 is 0 Å². The van der Waals surface area contributed by atoms with E-state index in [0.717, 1.165) is 0 Å². The highest BCUT2D eigenvalue weighted by Crippen LogP contribution is 1.80. The summed E-state index contributed by atoms with van der Waals surface area (Å²) in [5, 5.41) is 2.06. The molecule has 0 atom stereocenters. The van der Waals surface area contributed by atoms with Crippen LogP contribution >= 0.6 is 37.1 Å². The third-order valence-electron chi connectivity index (χ3n) is 0.141. The standard InChI is InChI=1S/C2HNS3/c4-1-3-2(5)6/h(H,5,6). The number of nitrogens with zero attached hydrogens (tertiary/aromatic N) is 1. The van der Waals surface area contributed by atoms with E-state index in [1.54, 1.807) is 0 Å². The summed E-state index contributed by atoms with van der Waals surface area (Å²) in [4.78, 5) is 3.29. The van der Waals surface area contributed by atoms with Crippen LogP contribution in [0.15, 0.2) is 4.99 Å². The highest BCUT2D eigenvalue weighted by atomic mass is 32.1. The van der Waals surface area contributed by atoms with Crippen molar-refractivity contribution in [3.63, 3.8) is 0 Å². The predicted molar refractivity (Wildman–Crippen MR) is 36.6 cm³/mol. The first-order valence-electron chi connectivity index (χ1n) is 1.08. The van der Waals surface area contributed by atoms with E-state index >= 15 is 0 Å². The van der Waals surface area contributed by atoms with Crippen molar-refractivity contribution in [2.24, 2.45) is 4.99 Å². The van der Waals surface area contributed by atoms with Gasteiger partial charge in [0.15, 0.2) is 4.32 Å². The number of aliphatic imine (C=N–C) groups is 1. The Hall–Kier alpha value is 0.240. The Bertz CT molecular complexity index is 101. The van der Waals surface area contributed by atoms with E-state index in [1.807, 2.05) is 0 Å². The van der Waals surface area contributed by atoms with Gasteiger partial charge in [-0.25, -0.2) is 0 Å². The molecule has 32 valence electrons. The molecule has 0 radical (unpaired) electrons. The maximum Gasteiger partial charge on any atom is 0.167 e. The van der Waals surface area contributed by atoms with Crippen LogP contribution in [0.1, 0.15) is 0 Å². The molecule has 0 unspecified atom stereocenters. The fourth-order valence-corrected chi connectivity index (χ4v) is 0.351. The molecule has 0 saturated heterocycles. The monoisotopic (exact) mass is 135 g/mol. The van der Waals surface area contributed by atoms with E-state index in [0.29, 0.717) is 0 Å². The maximum absolute atomic E-state index is 4.36. The van der Waals surface area contributed by atoms with Gasteiger partial charge in [-0.2, -0.15) is 4.99 Å². The molecule has 0 aliphatic heterocycles. The largest absolute Gasteiger partial charge is 0.176 e. The molecule has 0 aromatic heterocycles. The van der Waals surface area contributed by atoms with Crippen LogP contribution in [0, 0.1) is 0 Å². The highest BCUT2D eigenvalue weighted by molar-refractivity contribution is 8.11. The third kappa shape index (κ3) is 4.24. The smallest absolute Gasteiger partial charge is 0.167 e. The minimum Gasteiger partial charge on any atom is -0.176 e. The first kappa shape index (κ1) is 6.24. The minimum atomic E-state index is 0.227. The average Bonchev–Trinajstić information content (AvgIpc) is 1.35. The second-order valence-electron chi connectivity index (χ2n) is 0.486. The van der Waals surface area contributed by atoms with Crippen molar-refractivity contribution in [3.8, 4) is 0 Å². The Kier molecular flexibility index (Phi) is 3.57. The molecule has 0 aliphatic carbocycles. The van der Waals surface area contributed by atoms with Gasteiger partial charge in [-0.1, -0.05) is 0 Å². The summed E-state index contributed by atoms with van der Waals surface area (Å²) in [6.07, 6.45) is 0. The Labute approximate surface area is 51.9 Å². The average molecular weight is 135 g/mol. The predicted octanol–water partition coefficient (Wildman–Crippen LogP) is 1.30. The van der Waals surface area contributed by atoms with E-state index in [-0.39, 0.29) is 4.32 Å². The van der Waals surface area contributed by atoms with Gasteiger partial charge in [-0.15, -0.1) is 12.6 Å². The Morgan fingerprint density at radius 1 is 1.83 bits per heavy atom. The van der Waals surface area contributed by atoms with Crippen molar-refractivity contribution in [3.05, 3.63) is 0 Å². The molecule has 0 amide bonds. The molecule has 4 heteroatoms. The molecular weight excluding hydrogens is 134 g/mol. The number of hydrogen-bond donors (Lipinski definition) is 1. The summed E-state index contributed by atoms with van der Waals surface area (Å²) in [6, 6.07) is 0. The molecule has 6 heavy (non-hydrogen) atoms. The number of isothiocyanates is 1. The molecule has 0 heterocycles. The SMILES string of the molecule is S=C=NC(=S)S. The molecule has 0 bridgehead atoms. The first-order valence-corrected chi connectivity index (χ1v) is 2.34. The summed E-state index contributed by atoms with van der Waals surface area (Å²) in [5.74, 6) is 0. The van der Waals surface area contributed by atoms with Gasteiger partial charge in [0.2, 0.25) is 0 Å². The van der Waals surface area contributed by atoms with Crippen LogP contribution < -0.4 is 0 Å². The van der Waals surface area contributed by atoms with Gasteiger partial charge >= 0.3 is 0 Å². The first-order chi connectivity index (χ1) is 2.77. The molecule has 0 spiro atoms. The lowest BCUT2D eigenvalue weighted by Gasteiger charge is -1.66. The van der Waals surface area contributed by atoms with Crippen molar-refractivity contribution in [1.82, 2.24) is 0 Å². The topological polar surface area (TPSA) is 12.4 Å². The van der Waals surface area contributed by atoms with Crippen molar-refractivity contribution < 1.29 is 0 Å². The van der Waals surface area contributed by atoms with Gasteiger partial charge in [-0.05, 0) is 24.4 Å². The van der Waals surface area contributed by atoms with Crippen LogP contribution in [0.4, 0.5) is 0 Å². The van der Waals surface area contributed by atoms with E-state index in [9.17, 15) is 0 Å². The number of thiol groups is 1. The number of hydrogen-bond acceptors (Lipinski definition) is 2. The van der Waals surface area contributed by atoms with Gasteiger partial charge in [0.05, 0.1) is 5.16 Å². The fourth-order valence-electron chi connectivity index (χ4n) is 0.0390. The molecule has 0 saturated carbocycles. The molecule has 0 N–H and O–H groups in total. The molecular formula is C2HNS3. The van der Waals surface area contributed by atoms with Crippen molar-refractivity contribution in [1.29, 1.82) is 0 Å². The number of thiocarbonyl (C=S) groups is 2. The number of rotatable bonds is 0. The minimum absolute atomic E-state index is 0.227. The fraction of sp³-hybridized carbons (Fsp3) is 0. The Morgan fingerprint density at radius 2 is 2.33 bits per heavy atom. The van der Waals surface area contributed by atoms with Crippen LogP contribution in [-0.4, -0.2) is 9.48 Å². The van der Waals surface area contributed by atoms with Crippen LogP contribution in [0.2, 0.25) is 0 Å². The van der Waals surface area contributed by atoms with Crippen molar-refractivity contribution in [2.75, 3.05) is 0 Å². The molecule has 0 aliphatic rings. The second-order valence-corrected chi connectivity index (χ2v) is 1.78. The summed E-state index contributed by atoms with van der Waals surface area (Å²) in [5.41, 5.74) is 0. The van der Waals surface area contributed by atoms with Crippen LogP contribution in [0.25, 0.3) is 0 Å². The summed E-state index contributed by atoms with van der Waals surface area (Å²) < 4.78 is 0.227. The van der Waals surface area contributed by atoms with E-state index in [1.165, 1.54) is 0 Å². The lowest BCUT2D eigenvalue weighted by molar-refractivity contribution is 1.91. The quantitative estimate of drug-likeness (QED) is 0.305. The summed E-state index contributed by atoms with van der Waals surface area (Å²) in [6.45, 7) is 0. The molecule has 0 aromatic rings. The van der Waals surface area contributed by atoms with Gasteiger partial charge in [0, 0.05) is 0 Å². The van der Waals surface area contributed by atoms with Crippen LogP contribution in [0.5, 0.6) is 0 Å². The van der Waals surface area contributed by atoms with Crippen molar-refractivity contribution >= 4 is 46.5 Å². The van der Waals surface area contributed by atoms with Gasteiger partial charge in [0.1, 0.15) is 0 Å². The Balaban J connectivity index is 3.60. The zero-order valence-corrected chi connectivity index (χ0v) is 5.24. The molecule has 0 fully saturated rings. The lowest BCUT2D eigenvalue weighted by Crippen LogP contribution is -1.65. The highest BCUT2D eigenvalue weighted by Gasteiger charge is 1.69. The molecule has 0 rings (SSSR count). The zero-order chi connectivity index (χ0) is 4.99. The Morgan fingerprint density at radius 3 is 2.33 bits per heavy atom. The van der Waals surface area contributed by atoms with Crippen LogP contribution in [-0.2, 0) is 0 Å². The van der Waals surface area contributed by atoms with Gasteiger partial charge < -0.3 is 0 Å². The molecule has 1 nitrogen and oxygen atoms in total. The normalized spacial score (nSPS) is 6.17. The van der Waals surface area contributed by atoms with Gasteiger partial charge in [-0.3, -0.25) is 0 Å². The van der Waals surface area contributed by atoms with E-state index in [4.69, 9.17) is 0 Å². The summed E-state index contributed by atoms with van der Waals surface area (Å²) in [7, 11) is 0. The zero-order valence-electron chi connectivity index (χ0n) is 2.71. The van der Waals surface area contributed by atoms with Crippen molar-refractivity contribution in [2.45, 2.75) is 0 Å². The lowest BCUT2D eigenvalue weighted by atomic mass is 11.4. The summed E-state index contributed by atoms with van der Waals surface area (Å²) >= 11 is 12.2. The van der Waals surface area contributed by atoms with Gasteiger partial charge in [0.25, 0.3) is 0 Å². The molecule has 0 aromatic carbocycles. The maximum atomic E-state index is 4.36.